The van der Waals surface area contributed by atoms with Crippen molar-refractivity contribution in [3.63, 3.8) is 0 Å². The van der Waals surface area contributed by atoms with Gasteiger partial charge in [0.2, 0.25) is 0 Å². The first-order chi connectivity index (χ1) is 14.1. The summed E-state index contributed by atoms with van der Waals surface area (Å²) in [5.74, 6) is -0.346. The Balaban J connectivity index is 1.35. The lowest BCUT2D eigenvalue weighted by molar-refractivity contribution is -0.0511. The Bertz CT molecular complexity index is 903. The summed E-state index contributed by atoms with van der Waals surface area (Å²) in [7, 11) is 0. The fraction of sp³-hybridized carbons (Fsp3) is 0.458. The number of fused-ring (bicyclic) bond motifs is 4. The van der Waals surface area contributed by atoms with E-state index in [0.717, 1.165) is 25.7 Å². The number of piperidine rings is 3. The highest BCUT2D eigenvalue weighted by Crippen LogP contribution is 2.44. The van der Waals surface area contributed by atoms with Gasteiger partial charge in [-0.05, 0) is 61.3 Å². The van der Waals surface area contributed by atoms with E-state index in [1.807, 2.05) is 4.90 Å². The smallest absolute Gasteiger partial charge is 0.253 e. The highest BCUT2D eigenvalue weighted by molar-refractivity contribution is 5.94. The normalized spacial score (nSPS) is 29.3. The van der Waals surface area contributed by atoms with E-state index in [0.29, 0.717) is 29.5 Å². The number of rotatable bonds is 2. The molecule has 2 aromatic carbocycles. The molecule has 3 aliphatic heterocycles. The SMILES string of the molecule is O=C(c1ccc(O)c(F)c1)N1C[C@@H]2C[C@H](C1)[C@@H]1CCC[C@H](c3ccccc3)N1C2. The van der Waals surface area contributed by atoms with E-state index in [1.54, 1.807) is 0 Å². The standard InChI is InChI=1S/C24H27FN2O2/c25-20-12-18(9-10-23(20)28)24(29)26-13-16-11-19(15-26)22-8-4-7-21(27(22)14-16)17-5-2-1-3-6-17/h1-3,5-6,9-10,12,16,19,21-22,28H,4,7-8,11,13-15H2/t16-,19+,21+,22-/m0/s1. The molecule has 5 heteroatoms. The topological polar surface area (TPSA) is 43.8 Å². The van der Waals surface area contributed by atoms with Crippen molar-refractivity contribution in [2.75, 3.05) is 19.6 Å². The highest BCUT2D eigenvalue weighted by Gasteiger charge is 2.45. The average Bonchev–Trinajstić information content (AvgIpc) is 2.75. The second-order valence-electron chi connectivity index (χ2n) is 8.86. The van der Waals surface area contributed by atoms with Crippen molar-refractivity contribution < 1.29 is 14.3 Å². The summed E-state index contributed by atoms with van der Waals surface area (Å²) in [6.07, 6.45) is 4.79. The molecule has 0 saturated carbocycles. The molecular formula is C24H27FN2O2. The van der Waals surface area contributed by atoms with Gasteiger partial charge in [0.1, 0.15) is 0 Å². The summed E-state index contributed by atoms with van der Waals surface area (Å²) in [6.45, 7) is 2.48. The van der Waals surface area contributed by atoms with Crippen LogP contribution in [0.15, 0.2) is 48.5 Å². The van der Waals surface area contributed by atoms with Crippen LogP contribution < -0.4 is 0 Å². The second-order valence-corrected chi connectivity index (χ2v) is 8.86. The second kappa shape index (κ2) is 7.45. The molecule has 0 unspecified atom stereocenters. The third-order valence-electron chi connectivity index (χ3n) is 7.05. The highest BCUT2D eigenvalue weighted by atomic mass is 19.1. The predicted octanol–water partition coefficient (Wildman–Crippen LogP) is 4.22. The molecule has 3 saturated heterocycles. The number of benzene rings is 2. The summed E-state index contributed by atoms with van der Waals surface area (Å²) >= 11 is 0. The molecule has 0 aromatic heterocycles. The van der Waals surface area contributed by atoms with E-state index in [9.17, 15) is 14.3 Å². The molecule has 0 spiro atoms. The van der Waals surface area contributed by atoms with Crippen LogP contribution in [0.4, 0.5) is 4.39 Å². The van der Waals surface area contributed by atoms with Crippen molar-refractivity contribution in [2.45, 2.75) is 37.8 Å². The van der Waals surface area contributed by atoms with Gasteiger partial charge < -0.3 is 10.0 Å². The molecule has 5 rings (SSSR count). The van der Waals surface area contributed by atoms with E-state index < -0.39 is 11.6 Å². The van der Waals surface area contributed by atoms with Crippen LogP contribution in [0.25, 0.3) is 0 Å². The van der Waals surface area contributed by atoms with Crippen molar-refractivity contribution in [1.82, 2.24) is 9.80 Å². The van der Waals surface area contributed by atoms with Crippen LogP contribution in [0.3, 0.4) is 0 Å². The van der Waals surface area contributed by atoms with Crippen molar-refractivity contribution in [3.05, 3.63) is 65.5 Å². The number of phenols is 1. The lowest BCUT2D eigenvalue weighted by atomic mass is 9.74. The molecule has 0 aliphatic carbocycles. The first kappa shape index (κ1) is 18.6. The third-order valence-corrected chi connectivity index (χ3v) is 7.05. The minimum absolute atomic E-state index is 0.123. The quantitative estimate of drug-likeness (QED) is 0.830. The van der Waals surface area contributed by atoms with E-state index in [-0.39, 0.29) is 5.91 Å². The van der Waals surface area contributed by atoms with Gasteiger partial charge in [0.25, 0.3) is 5.91 Å². The Hall–Kier alpha value is -2.40. The molecule has 4 atom stereocenters. The lowest BCUT2D eigenvalue weighted by Gasteiger charge is -2.55. The average molecular weight is 394 g/mol. The largest absolute Gasteiger partial charge is 0.505 e. The molecule has 3 heterocycles. The zero-order valence-corrected chi connectivity index (χ0v) is 16.5. The van der Waals surface area contributed by atoms with Gasteiger partial charge in [-0.1, -0.05) is 30.3 Å². The van der Waals surface area contributed by atoms with Crippen molar-refractivity contribution in [2.24, 2.45) is 11.8 Å². The minimum Gasteiger partial charge on any atom is -0.505 e. The van der Waals surface area contributed by atoms with Gasteiger partial charge in [-0.15, -0.1) is 0 Å². The first-order valence-corrected chi connectivity index (χ1v) is 10.7. The number of hydrogen-bond acceptors (Lipinski definition) is 3. The van der Waals surface area contributed by atoms with Gasteiger partial charge in [0, 0.05) is 37.3 Å². The molecule has 152 valence electrons. The molecular weight excluding hydrogens is 367 g/mol. The molecule has 3 fully saturated rings. The Kier molecular flexibility index (Phi) is 4.78. The Morgan fingerprint density at radius 1 is 1.03 bits per heavy atom. The Labute approximate surface area is 170 Å². The van der Waals surface area contributed by atoms with Crippen molar-refractivity contribution >= 4 is 5.91 Å². The summed E-state index contributed by atoms with van der Waals surface area (Å²) in [5.41, 5.74) is 1.73. The zero-order valence-electron chi connectivity index (χ0n) is 16.5. The van der Waals surface area contributed by atoms with Crippen LogP contribution >= 0.6 is 0 Å². The van der Waals surface area contributed by atoms with Gasteiger partial charge in [0.15, 0.2) is 11.6 Å². The molecule has 0 radical (unpaired) electrons. The van der Waals surface area contributed by atoms with Gasteiger partial charge in [-0.2, -0.15) is 0 Å². The fourth-order valence-electron chi connectivity index (χ4n) is 5.83. The van der Waals surface area contributed by atoms with Gasteiger partial charge in [-0.3, -0.25) is 9.69 Å². The van der Waals surface area contributed by atoms with E-state index >= 15 is 0 Å². The summed E-state index contributed by atoms with van der Waals surface area (Å²) in [4.78, 5) is 17.6. The number of carbonyl (C=O) groups is 1. The summed E-state index contributed by atoms with van der Waals surface area (Å²) in [6, 6.07) is 15.7. The van der Waals surface area contributed by atoms with Crippen molar-refractivity contribution in [3.8, 4) is 5.75 Å². The lowest BCUT2D eigenvalue weighted by Crippen LogP contribution is -2.60. The van der Waals surface area contributed by atoms with E-state index in [2.05, 4.69) is 35.2 Å². The number of phenolic OH excluding ortho intramolecular Hbond substituents is 1. The van der Waals surface area contributed by atoms with Crippen LogP contribution in [-0.4, -0.2) is 46.5 Å². The number of halogens is 1. The van der Waals surface area contributed by atoms with Gasteiger partial charge in [0.05, 0.1) is 0 Å². The Morgan fingerprint density at radius 3 is 2.66 bits per heavy atom. The first-order valence-electron chi connectivity index (χ1n) is 10.7. The third kappa shape index (κ3) is 3.42. The number of likely N-dealkylation sites (tertiary alicyclic amines) is 1. The van der Waals surface area contributed by atoms with Crippen LogP contribution in [-0.2, 0) is 0 Å². The minimum atomic E-state index is -0.739. The molecule has 29 heavy (non-hydrogen) atoms. The molecule has 1 amide bonds. The number of nitrogens with zero attached hydrogens (tertiary/aromatic N) is 2. The number of amides is 1. The molecule has 1 N–H and O–H groups in total. The van der Waals surface area contributed by atoms with Gasteiger partial charge in [-0.25, -0.2) is 4.39 Å². The maximum Gasteiger partial charge on any atom is 0.253 e. The monoisotopic (exact) mass is 394 g/mol. The maximum absolute atomic E-state index is 13.7. The fourth-order valence-corrected chi connectivity index (χ4v) is 5.83. The predicted molar refractivity (Wildman–Crippen MR) is 109 cm³/mol. The maximum atomic E-state index is 13.7. The zero-order chi connectivity index (χ0) is 20.0. The van der Waals surface area contributed by atoms with E-state index in [1.165, 1.54) is 43.4 Å². The van der Waals surface area contributed by atoms with Gasteiger partial charge >= 0.3 is 0 Å². The van der Waals surface area contributed by atoms with E-state index in [4.69, 9.17) is 0 Å². The number of hydrogen-bond donors (Lipinski definition) is 1. The molecule has 2 bridgehead atoms. The number of carbonyl (C=O) groups excluding carboxylic acids is 1. The van der Waals surface area contributed by atoms with Crippen LogP contribution in [0, 0.1) is 17.7 Å². The van der Waals surface area contributed by atoms with Crippen molar-refractivity contribution in [1.29, 1.82) is 0 Å². The van der Waals surface area contributed by atoms with Crippen LogP contribution in [0.5, 0.6) is 5.75 Å². The Morgan fingerprint density at radius 2 is 1.86 bits per heavy atom. The molecule has 2 aromatic rings. The molecule has 3 aliphatic rings. The number of aromatic hydroxyl groups is 1. The van der Waals surface area contributed by atoms with Crippen LogP contribution in [0.2, 0.25) is 0 Å². The summed E-state index contributed by atoms with van der Waals surface area (Å²) in [5, 5.41) is 9.41. The summed E-state index contributed by atoms with van der Waals surface area (Å²) < 4.78 is 13.7. The molecule has 4 nitrogen and oxygen atoms in total. The van der Waals surface area contributed by atoms with Crippen LogP contribution in [0.1, 0.15) is 47.6 Å².